The molecular formula is C11H6BrClF2O. The minimum Gasteiger partial charge on any atom is -0.472 e. The normalized spacial score (nSPS) is 12.8. The van der Waals surface area contributed by atoms with Gasteiger partial charge in [0.2, 0.25) is 0 Å². The SMILES string of the molecule is Fc1cc(C(Cl)c2ccoc2)c(F)cc1Br. The van der Waals surface area contributed by atoms with E-state index in [4.69, 9.17) is 16.0 Å². The second-order valence-corrected chi connectivity index (χ2v) is 4.50. The van der Waals surface area contributed by atoms with E-state index in [2.05, 4.69) is 15.9 Å². The molecule has 1 heterocycles. The van der Waals surface area contributed by atoms with Crippen molar-refractivity contribution in [3.05, 3.63) is 58.0 Å². The fourth-order valence-electron chi connectivity index (χ4n) is 1.33. The molecular weight excluding hydrogens is 301 g/mol. The van der Waals surface area contributed by atoms with Gasteiger partial charge in [-0.2, -0.15) is 0 Å². The highest BCUT2D eigenvalue weighted by atomic mass is 79.9. The summed E-state index contributed by atoms with van der Waals surface area (Å²) < 4.78 is 31.7. The van der Waals surface area contributed by atoms with Crippen LogP contribution in [-0.4, -0.2) is 0 Å². The van der Waals surface area contributed by atoms with Crippen molar-refractivity contribution in [3.63, 3.8) is 0 Å². The van der Waals surface area contributed by atoms with Crippen LogP contribution in [0.1, 0.15) is 16.5 Å². The smallest absolute Gasteiger partial charge is 0.137 e. The summed E-state index contributed by atoms with van der Waals surface area (Å²) in [5, 5.41) is -0.763. The third-order valence-corrected chi connectivity index (χ3v) is 3.24. The fourth-order valence-corrected chi connectivity index (χ4v) is 1.94. The van der Waals surface area contributed by atoms with Crippen LogP contribution in [-0.2, 0) is 0 Å². The van der Waals surface area contributed by atoms with Gasteiger partial charge in [-0.25, -0.2) is 8.78 Å². The molecule has 0 bridgehead atoms. The number of halogens is 4. The van der Waals surface area contributed by atoms with E-state index in [9.17, 15) is 8.78 Å². The van der Waals surface area contributed by atoms with Crippen LogP contribution in [0.2, 0.25) is 0 Å². The number of hydrogen-bond acceptors (Lipinski definition) is 1. The highest BCUT2D eigenvalue weighted by molar-refractivity contribution is 9.10. The average molecular weight is 308 g/mol. The van der Waals surface area contributed by atoms with Crippen molar-refractivity contribution in [1.29, 1.82) is 0 Å². The van der Waals surface area contributed by atoms with Crippen molar-refractivity contribution in [3.8, 4) is 0 Å². The molecule has 0 amide bonds. The maximum Gasteiger partial charge on any atom is 0.137 e. The van der Waals surface area contributed by atoms with Crippen LogP contribution >= 0.6 is 27.5 Å². The Balaban J connectivity index is 2.44. The lowest BCUT2D eigenvalue weighted by atomic mass is 10.1. The topological polar surface area (TPSA) is 13.1 Å². The summed E-state index contributed by atoms with van der Waals surface area (Å²) in [6.45, 7) is 0. The van der Waals surface area contributed by atoms with E-state index in [0.29, 0.717) is 5.56 Å². The Hall–Kier alpha value is -0.870. The van der Waals surface area contributed by atoms with E-state index in [1.165, 1.54) is 12.5 Å². The molecule has 0 saturated heterocycles. The zero-order valence-electron chi connectivity index (χ0n) is 7.88. The van der Waals surface area contributed by atoms with Crippen molar-refractivity contribution in [1.82, 2.24) is 0 Å². The molecule has 0 spiro atoms. The van der Waals surface area contributed by atoms with Crippen LogP contribution in [0.5, 0.6) is 0 Å². The molecule has 0 radical (unpaired) electrons. The molecule has 84 valence electrons. The lowest BCUT2D eigenvalue weighted by Gasteiger charge is -2.09. The maximum atomic E-state index is 13.6. The maximum absolute atomic E-state index is 13.6. The van der Waals surface area contributed by atoms with E-state index < -0.39 is 17.0 Å². The Bertz CT molecular complexity index is 499. The predicted octanol–water partition coefficient (Wildman–Crippen LogP) is 4.65. The zero-order valence-corrected chi connectivity index (χ0v) is 10.2. The molecule has 1 atom stereocenters. The van der Waals surface area contributed by atoms with Gasteiger partial charge in [0.05, 0.1) is 22.4 Å². The van der Waals surface area contributed by atoms with Gasteiger partial charge in [0.25, 0.3) is 0 Å². The predicted molar refractivity (Wildman–Crippen MR) is 60.5 cm³/mol. The van der Waals surface area contributed by atoms with Crippen LogP contribution < -0.4 is 0 Å². The summed E-state index contributed by atoms with van der Waals surface area (Å²) >= 11 is 8.92. The molecule has 0 fully saturated rings. The van der Waals surface area contributed by atoms with Gasteiger partial charge in [-0.05, 0) is 34.1 Å². The highest BCUT2D eigenvalue weighted by Gasteiger charge is 2.18. The molecule has 1 nitrogen and oxygen atoms in total. The first-order valence-corrected chi connectivity index (χ1v) is 5.63. The molecule has 0 N–H and O–H groups in total. The van der Waals surface area contributed by atoms with Gasteiger partial charge >= 0.3 is 0 Å². The third-order valence-electron chi connectivity index (χ3n) is 2.15. The first-order valence-electron chi connectivity index (χ1n) is 4.40. The molecule has 1 unspecified atom stereocenters. The lowest BCUT2D eigenvalue weighted by Crippen LogP contribution is -1.97. The van der Waals surface area contributed by atoms with Crippen LogP contribution in [0.4, 0.5) is 8.78 Å². The van der Waals surface area contributed by atoms with Crippen molar-refractivity contribution in [2.45, 2.75) is 5.38 Å². The van der Waals surface area contributed by atoms with Crippen LogP contribution in [0, 0.1) is 11.6 Å². The highest BCUT2D eigenvalue weighted by Crippen LogP contribution is 2.33. The van der Waals surface area contributed by atoms with Crippen molar-refractivity contribution >= 4 is 27.5 Å². The molecule has 0 aliphatic heterocycles. The molecule has 1 aromatic carbocycles. The Morgan fingerprint density at radius 2 is 2.00 bits per heavy atom. The lowest BCUT2D eigenvalue weighted by molar-refractivity contribution is 0.562. The van der Waals surface area contributed by atoms with Gasteiger partial charge < -0.3 is 4.42 Å². The summed E-state index contributed by atoms with van der Waals surface area (Å²) in [5.74, 6) is -1.11. The van der Waals surface area contributed by atoms with Crippen LogP contribution in [0.15, 0.2) is 39.6 Å². The summed E-state index contributed by atoms with van der Waals surface area (Å²) in [4.78, 5) is 0. The van der Waals surface area contributed by atoms with Crippen LogP contribution in [0.3, 0.4) is 0 Å². The molecule has 0 aliphatic carbocycles. The number of benzene rings is 1. The quantitative estimate of drug-likeness (QED) is 0.581. The van der Waals surface area contributed by atoms with E-state index >= 15 is 0 Å². The van der Waals surface area contributed by atoms with E-state index in [1.807, 2.05) is 0 Å². The van der Waals surface area contributed by atoms with Gasteiger partial charge in [-0.3, -0.25) is 0 Å². The monoisotopic (exact) mass is 306 g/mol. The fraction of sp³-hybridized carbons (Fsp3) is 0.0909. The Kier molecular flexibility index (Phi) is 3.30. The van der Waals surface area contributed by atoms with E-state index in [-0.39, 0.29) is 10.0 Å². The minimum absolute atomic E-state index is 0.0739. The molecule has 0 aliphatic rings. The summed E-state index contributed by atoms with van der Waals surface area (Å²) in [6.07, 6.45) is 2.83. The second-order valence-electron chi connectivity index (χ2n) is 3.21. The first-order chi connectivity index (χ1) is 7.59. The zero-order chi connectivity index (χ0) is 11.7. The summed E-state index contributed by atoms with van der Waals surface area (Å²) in [6, 6.07) is 3.74. The largest absolute Gasteiger partial charge is 0.472 e. The number of rotatable bonds is 2. The van der Waals surface area contributed by atoms with Gasteiger partial charge in [-0.1, -0.05) is 0 Å². The molecule has 2 rings (SSSR count). The van der Waals surface area contributed by atoms with E-state index in [1.54, 1.807) is 6.07 Å². The standard InChI is InChI=1S/C11H6BrClF2O/c12-8-4-9(14)7(3-10(8)15)11(13)6-1-2-16-5-6/h1-5,11H. The van der Waals surface area contributed by atoms with Crippen molar-refractivity contribution < 1.29 is 13.2 Å². The Labute approximate surface area is 104 Å². The van der Waals surface area contributed by atoms with Gasteiger partial charge in [-0.15, -0.1) is 11.6 Å². The molecule has 16 heavy (non-hydrogen) atoms. The number of hydrogen-bond donors (Lipinski definition) is 0. The second kappa shape index (κ2) is 4.55. The van der Waals surface area contributed by atoms with Crippen LogP contribution in [0.25, 0.3) is 0 Å². The summed E-state index contributed by atoms with van der Waals surface area (Å²) in [7, 11) is 0. The van der Waals surface area contributed by atoms with Crippen molar-refractivity contribution in [2.75, 3.05) is 0 Å². The van der Waals surface area contributed by atoms with Crippen molar-refractivity contribution in [2.24, 2.45) is 0 Å². The van der Waals surface area contributed by atoms with Gasteiger partial charge in [0.15, 0.2) is 0 Å². The molecule has 5 heteroatoms. The Morgan fingerprint density at radius 3 is 2.62 bits per heavy atom. The molecule has 1 aromatic heterocycles. The Morgan fingerprint density at radius 1 is 1.25 bits per heavy atom. The van der Waals surface area contributed by atoms with Gasteiger partial charge in [0.1, 0.15) is 11.6 Å². The first kappa shape index (κ1) is 11.6. The average Bonchev–Trinajstić information content (AvgIpc) is 2.75. The van der Waals surface area contributed by atoms with E-state index in [0.717, 1.165) is 12.1 Å². The molecule has 2 aromatic rings. The summed E-state index contributed by atoms with van der Waals surface area (Å²) in [5.41, 5.74) is 0.672. The molecule has 0 saturated carbocycles. The number of furan rings is 1. The minimum atomic E-state index is -0.763. The number of alkyl halides is 1. The third kappa shape index (κ3) is 2.13. The van der Waals surface area contributed by atoms with Gasteiger partial charge in [0, 0.05) is 11.1 Å².